The van der Waals surface area contributed by atoms with Crippen LogP contribution >= 0.6 is 11.6 Å². The molecule has 0 radical (unpaired) electrons. The fourth-order valence-electron chi connectivity index (χ4n) is 2.29. The van der Waals surface area contributed by atoms with Crippen molar-refractivity contribution in [2.24, 2.45) is 0 Å². The van der Waals surface area contributed by atoms with Gasteiger partial charge in [0.15, 0.2) is 0 Å². The molecular formula is C19H17ClN4O2. The molecule has 3 aromatic rings. The van der Waals surface area contributed by atoms with Crippen molar-refractivity contribution in [2.75, 3.05) is 17.7 Å². The van der Waals surface area contributed by atoms with Crippen LogP contribution in [0.3, 0.4) is 0 Å². The average molecular weight is 369 g/mol. The summed E-state index contributed by atoms with van der Waals surface area (Å²) in [4.78, 5) is 20.7. The van der Waals surface area contributed by atoms with Crippen molar-refractivity contribution in [3.63, 3.8) is 0 Å². The summed E-state index contributed by atoms with van der Waals surface area (Å²) in [5, 5.41) is 6.29. The molecule has 0 aliphatic heterocycles. The molecule has 1 amide bonds. The molecular weight excluding hydrogens is 352 g/mol. The van der Waals surface area contributed by atoms with Crippen molar-refractivity contribution in [3.05, 3.63) is 71.0 Å². The fourth-order valence-corrected chi connectivity index (χ4v) is 2.55. The largest absolute Gasteiger partial charge is 0.495 e. The van der Waals surface area contributed by atoms with Crippen LogP contribution in [0.1, 0.15) is 15.9 Å². The van der Waals surface area contributed by atoms with Gasteiger partial charge in [0.2, 0.25) is 5.95 Å². The van der Waals surface area contributed by atoms with Crippen molar-refractivity contribution in [1.82, 2.24) is 9.97 Å². The lowest BCUT2D eigenvalue weighted by atomic mass is 10.2. The van der Waals surface area contributed by atoms with E-state index in [1.54, 1.807) is 18.2 Å². The number of methoxy groups -OCH3 is 1. The number of amides is 1. The molecule has 0 fully saturated rings. The summed E-state index contributed by atoms with van der Waals surface area (Å²) in [6, 6.07) is 12.8. The maximum Gasteiger partial charge on any atom is 0.258 e. The Hall–Kier alpha value is -3.12. The van der Waals surface area contributed by atoms with Crippen LogP contribution in [-0.2, 0) is 0 Å². The van der Waals surface area contributed by atoms with Crippen LogP contribution < -0.4 is 15.4 Å². The minimum absolute atomic E-state index is 0.325. The quantitative estimate of drug-likeness (QED) is 0.696. The number of nitrogens with zero attached hydrogens (tertiary/aromatic N) is 2. The minimum Gasteiger partial charge on any atom is -0.495 e. The number of hydrogen-bond acceptors (Lipinski definition) is 5. The topological polar surface area (TPSA) is 76.1 Å². The van der Waals surface area contributed by atoms with Gasteiger partial charge in [0.1, 0.15) is 5.75 Å². The second-order valence-electron chi connectivity index (χ2n) is 5.54. The lowest BCUT2D eigenvalue weighted by Crippen LogP contribution is -2.13. The smallest absolute Gasteiger partial charge is 0.258 e. The molecule has 7 heteroatoms. The summed E-state index contributed by atoms with van der Waals surface area (Å²) < 4.78 is 5.09. The first-order chi connectivity index (χ1) is 12.6. The molecule has 6 nitrogen and oxygen atoms in total. The van der Waals surface area contributed by atoms with E-state index in [-0.39, 0.29) is 5.91 Å². The fraction of sp³-hybridized carbons (Fsp3) is 0.105. The predicted octanol–water partition coefficient (Wildman–Crippen LogP) is 4.44. The Morgan fingerprint density at radius 1 is 1.12 bits per heavy atom. The van der Waals surface area contributed by atoms with Crippen LogP contribution in [0.25, 0.3) is 0 Å². The molecule has 26 heavy (non-hydrogen) atoms. The number of benzene rings is 2. The van der Waals surface area contributed by atoms with Crippen LogP contribution in [0.15, 0.2) is 54.9 Å². The van der Waals surface area contributed by atoms with E-state index in [0.717, 1.165) is 11.3 Å². The van der Waals surface area contributed by atoms with E-state index in [1.165, 1.54) is 19.5 Å². The molecule has 0 saturated heterocycles. The molecule has 0 unspecified atom stereocenters. The lowest BCUT2D eigenvalue weighted by molar-refractivity contribution is 0.102. The van der Waals surface area contributed by atoms with Gasteiger partial charge in [-0.05, 0) is 36.8 Å². The normalized spacial score (nSPS) is 10.3. The number of aryl methyl sites for hydroxylation is 1. The highest BCUT2D eigenvalue weighted by molar-refractivity contribution is 6.32. The van der Waals surface area contributed by atoms with Gasteiger partial charge in [-0.2, -0.15) is 0 Å². The van der Waals surface area contributed by atoms with Gasteiger partial charge in [-0.25, -0.2) is 9.97 Å². The van der Waals surface area contributed by atoms with Gasteiger partial charge in [0.05, 0.1) is 17.7 Å². The highest BCUT2D eigenvalue weighted by atomic mass is 35.5. The molecule has 0 bridgehead atoms. The average Bonchev–Trinajstić information content (AvgIpc) is 2.64. The third kappa shape index (κ3) is 4.10. The van der Waals surface area contributed by atoms with E-state index in [2.05, 4.69) is 20.6 Å². The SMILES string of the molecule is COc1ccc(NC(=O)c2cnc(Nc3ccccc3C)nc2)cc1Cl. The second kappa shape index (κ2) is 7.84. The van der Waals surface area contributed by atoms with Gasteiger partial charge in [0.25, 0.3) is 5.91 Å². The zero-order chi connectivity index (χ0) is 18.5. The Morgan fingerprint density at radius 2 is 1.85 bits per heavy atom. The first-order valence-electron chi connectivity index (χ1n) is 7.86. The number of anilines is 3. The number of carbonyl (C=O) groups is 1. The third-order valence-electron chi connectivity index (χ3n) is 3.72. The van der Waals surface area contributed by atoms with Crippen molar-refractivity contribution in [2.45, 2.75) is 6.92 Å². The molecule has 132 valence electrons. The molecule has 2 N–H and O–H groups in total. The Balaban J connectivity index is 1.69. The monoisotopic (exact) mass is 368 g/mol. The Kier molecular flexibility index (Phi) is 5.34. The Morgan fingerprint density at radius 3 is 2.50 bits per heavy atom. The second-order valence-corrected chi connectivity index (χ2v) is 5.95. The van der Waals surface area contributed by atoms with Gasteiger partial charge in [-0.15, -0.1) is 0 Å². The molecule has 0 saturated carbocycles. The summed E-state index contributed by atoms with van der Waals surface area (Å²) in [6.07, 6.45) is 2.93. The number of hydrogen-bond donors (Lipinski definition) is 2. The van der Waals surface area contributed by atoms with Crippen LogP contribution in [0.5, 0.6) is 5.75 Å². The van der Waals surface area contributed by atoms with Gasteiger partial charge < -0.3 is 15.4 Å². The Labute approximate surface area is 156 Å². The van der Waals surface area contributed by atoms with E-state index in [4.69, 9.17) is 16.3 Å². The van der Waals surface area contributed by atoms with Gasteiger partial charge in [-0.1, -0.05) is 29.8 Å². The van der Waals surface area contributed by atoms with E-state index in [1.807, 2.05) is 31.2 Å². The summed E-state index contributed by atoms with van der Waals surface area (Å²) >= 11 is 6.06. The van der Waals surface area contributed by atoms with Gasteiger partial charge in [0, 0.05) is 23.8 Å². The molecule has 0 aliphatic rings. The molecule has 3 rings (SSSR count). The van der Waals surface area contributed by atoms with Gasteiger partial charge in [-0.3, -0.25) is 4.79 Å². The summed E-state index contributed by atoms with van der Waals surface area (Å²) in [5.74, 6) is 0.636. The first-order valence-corrected chi connectivity index (χ1v) is 8.24. The van der Waals surface area contributed by atoms with Crippen molar-refractivity contribution >= 4 is 34.8 Å². The lowest BCUT2D eigenvalue weighted by Gasteiger charge is -2.09. The van der Waals surface area contributed by atoms with Crippen LogP contribution in [0.2, 0.25) is 5.02 Å². The molecule has 1 heterocycles. The number of aromatic nitrogens is 2. The number of nitrogens with one attached hydrogen (secondary N) is 2. The van der Waals surface area contributed by atoms with Gasteiger partial charge >= 0.3 is 0 Å². The third-order valence-corrected chi connectivity index (χ3v) is 4.01. The van der Waals surface area contributed by atoms with E-state index in [9.17, 15) is 4.79 Å². The predicted molar refractivity (Wildman–Crippen MR) is 102 cm³/mol. The number of ether oxygens (including phenoxy) is 1. The van der Waals surface area contributed by atoms with E-state index >= 15 is 0 Å². The van der Waals surface area contributed by atoms with Crippen molar-refractivity contribution in [3.8, 4) is 5.75 Å². The molecule has 0 aliphatic carbocycles. The van der Waals surface area contributed by atoms with E-state index < -0.39 is 0 Å². The highest BCUT2D eigenvalue weighted by Crippen LogP contribution is 2.27. The van der Waals surface area contributed by atoms with E-state index in [0.29, 0.717) is 28.0 Å². The van der Waals surface area contributed by atoms with Crippen molar-refractivity contribution < 1.29 is 9.53 Å². The molecule has 2 aromatic carbocycles. The standard InChI is InChI=1S/C19H17ClN4O2/c1-12-5-3-4-6-16(12)24-19-21-10-13(11-22-19)18(25)23-14-7-8-17(26-2)15(20)9-14/h3-11H,1-2H3,(H,23,25)(H,21,22,24). The maximum absolute atomic E-state index is 12.3. The number of rotatable bonds is 5. The number of carbonyl (C=O) groups excluding carboxylic acids is 1. The number of halogens is 1. The minimum atomic E-state index is -0.325. The number of para-hydroxylation sites is 1. The van der Waals surface area contributed by atoms with Crippen LogP contribution in [0, 0.1) is 6.92 Å². The zero-order valence-corrected chi connectivity index (χ0v) is 15.0. The van der Waals surface area contributed by atoms with Crippen LogP contribution in [-0.4, -0.2) is 23.0 Å². The Bertz CT molecular complexity index is 929. The summed E-state index contributed by atoms with van der Waals surface area (Å²) in [5.41, 5.74) is 2.89. The highest BCUT2D eigenvalue weighted by Gasteiger charge is 2.10. The molecule has 1 aromatic heterocycles. The summed E-state index contributed by atoms with van der Waals surface area (Å²) in [6.45, 7) is 1.99. The first kappa shape index (κ1) is 17.7. The van der Waals surface area contributed by atoms with Crippen molar-refractivity contribution in [1.29, 1.82) is 0 Å². The molecule has 0 spiro atoms. The van der Waals surface area contributed by atoms with Crippen LogP contribution in [0.4, 0.5) is 17.3 Å². The molecule has 0 atom stereocenters. The summed E-state index contributed by atoms with van der Waals surface area (Å²) in [7, 11) is 1.53. The zero-order valence-electron chi connectivity index (χ0n) is 14.3. The maximum atomic E-state index is 12.3.